The third kappa shape index (κ3) is 3.06. The van der Waals surface area contributed by atoms with Crippen molar-refractivity contribution in [1.29, 1.82) is 0 Å². The van der Waals surface area contributed by atoms with Crippen LogP contribution in [0.5, 0.6) is 5.75 Å². The highest BCUT2D eigenvalue weighted by molar-refractivity contribution is 6.33. The number of carbonyl (C=O) groups excluding carboxylic acids is 1. The van der Waals surface area contributed by atoms with Gasteiger partial charge in [0.25, 0.3) is 0 Å². The predicted molar refractivity (Wildman–Crippen MR) is 76.9 cm³/mol. The molecule has 98 valence electrons. The summed E-state index contributed by atoms with van der Waals surface area (Å²) in [6.45, 7) is 0. The topological polar surface area (TPSA) is 52.3 Å². The van der Waals surface area contributed by atoms with E-state index in [-0.39, 0.29) is 12.2 Å². The van der Waals surface area contributed by atoms with Crippen molar-refractivity contribution >= 4 is 23.1 Å². The van der Waals surface area contributed by atoms with Crippen molar-refractivity contribution in [3.63, 3.8) is 0 Å². The number of anilines is 1. The van der Waals surface area contributed by atoms with Crippen LogP contribution in [0.1, 0.15) is 15.9 Å². The lowest BCUT2D eigenvalue weighted by Crippen LogP contribution is -2.05. The molecule has 2 rings (SSSR count). The number of rotatable bonds is 4. The van der Waals surface area contributed by atoms with Crippen molar-refractivity contribution < 1.29 is 9.53 Å². The third-order valence-electron chi connectivity index (χ3n) is 2.86. The summed E-state index contributed by atoms with van der Waals surface area (Å²) < 4.78 is 5.23. The Hall–Kier alpha value is -2.00. The fourth-order valence-electron chi connectivity index (χ4n) is 1.84. The van der Waals surface area contributed by atoms with Crippen LogP contribution in [0, 0.1) is 0 Å². The quantitative estimate of drug-likeness (QED) is 0.688. The van der Waals surface area contributed by atoms with Crippen LogP contribution in [0.3, 0.4) is 0 Å². The zero-order chi connectivity index (χ0) is 13.8. The summed E-state index contributed by atoms with van der Waals surface area (Å²) in [5, 5.41) is 0.453. The largest absolute Gasteiger partial charge is 0.496 e. The Morgan fingerprint density at radius 3 is 2.68 bits per heavy atom. The minimum Gasteiger partial charge on any atom is -0.496 e. The molecule has 4 heteroatoms. The second-order valence-corrected chi connectivity index (χ2v) is 4.56. The Balaban J connectivity index is 2.23. The van der Waals surface area contributed by atoms with Gasteiger partial charge < -0.3 is 10.5 Å². The van der Waals surface area contributed by atoms with Crippen LogP contribution in [0.15, 0.2) is 42.5 Å². The van der Waals surface area contributed by atoms with E-state index < -0.39 is 0 Å². The van der Waals surface area contributed by atoms with Gasteiger partial charge in [-0.1, -0.05) is 29.8 Å². The average molecular weight is 276 g/mol. The zero-order valence-electron chi connectivity index (χ0n) is 10.5. The molecule has 19 heavy (non-hydrogen) atoms. The Bertz CT molecular complexity index is 611. The van der Waals surface area contributed by atoms with Crippen LogP contribution in [-0.4, -0.2) is 12.9 Å². The van der Waals surface area contributed by atoms with Gasteiger partial charge in [-0.05, 0) is 24.3 Å². The molecule has 2 N–H and O–H groups in total. The zero-order valence-corrected chi connectivity index (χ0v) is 11.3. The van der Waals surface area contributed by atoms with E-state index in [1.807, 2.05) is 24.3 Å². The summed E-state index contributed by atoms with van der Waals surface area (Å²) in [6, 6.07) is 12.4. The van der Waals surface area contributed by atoms with E-state index >= 15 is 0 Å². The predicted octanol–water partition coefficient (Wildman–Crippen LogP) is 3.36. The number of ketones is 1. The summed E-state index contributed by atoms with van der Waals surface area (Å²) in [6.07, 6.45) is 0.269. The Morgan fingerprint density at radius 2 is 2.00 bits per heavy atom. The average Bonchev–Trinajstić information content (AvgIpc) is 2.42. The highest BCUT2D eigenvalue weighted by Crippen LogP contribution is 2.23. The molecular formula is C15H14ClNO2. The van der Waals surface area contributed by atoms with Crippen molar-refractivity contribution in [3.8, 4) is 5.75 Å². The first kappa shape index (κ1) is 13.4. The monoisotopic (exact) mass is 275 g/mol. The lowest BCUT2D eigenvalue weighted by atomic mass is 10.0. The molecule has 0 aliphatic heterocycles. The van der Waals surface area contributed by atoms with Crippen LogP contribution in [0.25, 0.3) is 0 Å². The highest BCUT2D eigenvalue weighted by atomic mass is 35.5. The number of Topliss-reactive ketones (excluding diaryl/α,β-unsaturated/α-hetero) is 1. The number of halogens is 1. The molecule has 0 unspecified atom stereocenters. The van der Waals surface area contributed by atoms with Gasteiger partial charge >= 0.3 is 0 Å². The molecule has 0 heterocycles. The highest BCUT2D eigenvalue weighted by Gasteiger charge is 2.11. The van der Waals surface area contributed by atoms with Crippen LogP contribution in [-0.2, 0) is 6.42 Å². The summed E-state index contributed by atoms with van der Waals surface area (Å²) in [7, 11) is 1.59. The van der Waals surface area contributed by atoms with E-state index in [0.717, 1.165) is 5.56 Å². The number of nitrogens with two attached hydrogens (primary N) is 1. The second-order valence-electron chi connectivity index (χ2n) is 4.15. The van der Waals surface area contributed by atoms with Crippen molar-refractivity contribution in [2.24, 2.45) is 0 Å². The summed E-state index contributed by atoms with van der Waals surface area (Å²) in [5.74, 6) is 0.686. The van der Waals surface area contributed by atoms with Gasteiger partial charge in [-0.2, -0.15) is 0 Å². The number of hydrogen-bond donors (Lipinski definition) is 1. The Kier molecular flexibility index (Phi) is 4.07. The minimum absolute atomic E-state index is 0.0205. The number of para-hydroxylation sites is 1. The van der Waals surface area contributed by atoms with E-state index in [1.165, 1.54) is 0 Å². The number of ether oxygens (including phenoxy) is 1. The molecule has 0 aliphatic carbocycles. The third-order valence-corrected chi connectivity index (χ3v) is 3.21. The molecule has 2 aromatic carbocycles. The lowest BCUT2D eigenvalue weighted by Gasteiger charge is -2.08. The molecule has 0 bridgehead atoms. The van der Waals surface area contributed by atoms with Gasteiger partial charge in [0.05, 0.1) is 17.8 Å². The normalized spacial score (nSPS) is 10.2. The van der Waals surface area contributed by atoms with Gasteiger partial charge in [-0.3, -0.25) is 4.79 Å². The van der Waals surface area contributed by atoms with Crippen LogP contribution in [0.4, 0.5) is 5.69 Å². The minimum atomic E-state index is -0.0205. The molecule has 0 fully saturated rings. The van der Waals surface area contributed by atoms with Crippen molar-refractivity contribution in [2.45, 2.75) is 6.42 Å². The standard InChI is InChI=1S/C15H14ClNO2/c1-19-15-5-3-2-4-11(15)9-14(18)10-6-7-12(16)13(17)8-10/h2-8H,9,17H2,1H3. The van der Waals surface area contributed by atoms with Crippen molar-refractivity contribution in [2.75, 3.05) is 12.8 Å². The number of nitrogen functional groups attached to an aromatic ring is 1. The summed E-state index contributed by atoms with van der Waals surface area (Å²) >= 11 is 5.84. The van der Waals surface area contributed by atoms with E-state index in [2.05, 4.69) is 0 Å². The number of methoxy groups -OCH3 is 1. The molecule has 0 radical (unpaired) electrons. The Labute approximate surface area is 117 Å². The first-order valence-corrected chi connectivity index (χ1v) is 6.19. The molecule has 0 atom stereocenters. The summed E-state index contributed by atoms with van der Waals surface area (Å²) in [5.41, 5.74) is 7.51. The fraction of sp³-hybridized carbons (Fsp3) is 0.133. The molecule has 2 aromatic rings. The van der Waals surface area contributed by atoms with Crippen molar-refractivity contribution in [1.82, 2.24) is 0 Å². The van der Waals surface area contributed by atoms with E-state index in [0.29, 0.717) is 22.0 Å². The van der Waals surface area contributed by atoms with Gasteiger partial charge in [0.2, 0.25) is 0 Å². The SMILES string of the molecule is COc1ccccc1CC(=O)c1ccc(Cl)c(N)c1. The maximum Gasteiger partial charge on any atom is 0.167 e. The molecule has 0 saturated carbocycles. The van der Waals surface area contributed by atoms with Gasteiger partial charge in [-0.25, -0.2) is 0 Å². The van der Waals surface area contributed by atoms with Crippen LogP contribution in [0.2, 0.25) is 5.02 Å². The maximum atomic E-state index is 12.2. The van der Waals surface area contributed by atoms with Gasteiger partial charge in [-0.15, -0.1) is 0 Å². The molecule has 0 aliphatic rings. The number of benzene rings is 2. The van der Waals surface area contributed by atoms with Gasteiger partial charge in [0.1, 0.15) is 5.75 Å². The molecular weight excluding hydrogens is 262 g/mol. The summed E-state index contributed by atoms with van der Waals surface area (Å²) in [4.78, 5) is 12.2. The van der Waals surface area contributed by atoms with Crippen LogP contribution < -0.4 is 10.5 Å². The fourth-order valence-corrected chi connectivity index (χ4v) is 1.96. The molecule has 0 saturated heterocycles. The smallest absolute Gasteiger partial charge is 0.167 e. The van der Waals surface area contributed by atoms with Gasteiger partial charge in [0.15, 0.2) is 5.78 Å². The number of hydrogen-bond acceptors (Lipinski definition) is 3. The maximum absolute atomic E-state index is 12.2. The van der Waals surface area contributed by atoms with E-state index in [9.17, 15) is 4.79 Å². The second kappa shape index (κ2) is 5.76. The molecule has 3 nitrogen and oxygen atoms in total. The molecule has 0 amide bonds. The molecule has 0 aromatic heterocycles. The Morgan fingerprint density at radius 1 is 1.26 bits per heavy atom. The van der Waals surface area contributed by atoms with Gasteiger partial charge in [0, 0.05) is 17.5 Å². The van der Waals surface area contributed by atoms with E-state index in [1.54, 1.807) is 25.3 Å². The lowest BCUT2D eigenvalue weighted by molar-refractivity contribution is 0.0992. The van der Waals surface area contributed by atoms with E-state index in [4.69, 9.17) is 22.1 Å². The number of carbonyl (C=O) groups is 1. The molecule has 0 spiro atoms. The van der Waals surface area contributed by atoms with Crippen molar-refractivity contribution in [3.05, 3.63) is 58.6 Å². The first-order chi connectivity index (χ1) is 9.11. The first-order valence-electron chi connectivity index (χ1n) is 5.82. The van der Waals surface area contributed by atoms with Crippen LogP contribution >= 0.6 is 11.6 Å².